The van der Waals surface area contributed by atoms with Crippen molar-refractivity contribution < 1.29 is 46.8 Å². The van der Waals surface area contributed by atoms with Crippen LogP contribution in [-0.2, 0) is 22.4 Å². The van der Waals surface area contributed by atoms with Gasteiger partial charge < -0.3 is 30.3 Å². The van der Waals surface area contributed by atoms with E-state index < -0.39 is 50.0 Å². The molecule has 4 N–H and O–H groups in total. The van der Waals surface area contributed by atoms with E-state index in [0.717, 1.165) is 24.2 Å². The van der Waals surface area contributed by atoms with Gasteiger partial charge in [-0.05, 0) is 58.1 Å². The Hall–Kier alpha value is -4.31. The Kier molecular flexibility index (Phi) is 26.2. The quantitative estimate of drug-likeness (QED) is 0.165. The van der Waals surface area contributed by atoms with Crippen LogP contribution in [0, 0.1) is 11.3 Å². The number of hydrogen-bond donors (Lipinski definition) is 4. The number of aldehydes is 2. The summed E-state index contributed by atoms with van der Waals surface area (Å²) in [6.45, 7) is 12.9. The standard InChI is InChI=1S/C11H14N2O2.C10H12N2O2.C6H8F2N2.C5H10BF2NO2.2C2H6/c1-3-10-6-9(4-5-12-10)11(15)13-8(2)7-14;1-2-9-7-8(3-4-11-9)10(14)12-5-6-13;1-10-4-6(7,8)2-5(10)3-9;1-9-3-5(7,8)2-4(9)6(10)11;2*1-2/h4-8H,3H2,1-2H3,(H,13,15);3-4,6-7H,2,5H2,1H3,(H,12,14);5H,2,4H2,1H3;4,10-11H,2-3H2,1H3;2*1-2H3/t8-;;;;;/m0...../s1. The van der Waals surface area contributed by atoms with Gasteiger partial charge >= 0.3 is 7.12 Å². The van der Waals surface area contributed by atoms with Crippen molar-refractivity contribution in [3.8, 4) is 6.07 Å². The number of nitriles is 1. The number of aromatic nitrogens is 2. The first-order valence-corrected chi connectivity index (χ1v) is 17.7. The summed E-state index contributed by atoms with van der Waals surface area (Å²) < 4.78 is 50.0. The fraction of sp³-hybridized carbons (Fsp3) is 0.583. The molecule has 302 valence electrons. The van der Waals surface area contributed by atoms with Crippen LogP contribution in [0.25, 0.3) is 0 Å². The summed E-state index contributed by atoms with van der Waals surface area (Å²) in [4.78, 5) is 54.2. The van der Waals surface area contributed by atoms with Crippen LogP contribution in [0.4, 0.5) is 17.6 Å². The number of nitrogens with zero attached hydrogens (tertiary/aromatic N) is 5. The van der Waals surface area contributed by atoms with Gasteiger partial charge in [0, 0.05) is 47.8 Å². The summed E-state index contributed by atoms with van der Waals surface area (Å²) in [7, 11) is 1.31. The molecule has 4 heterocycles. The lowest BCUT2D eigenvalue weighted by Gasteiger charge is -2.15. The number of carbonyl (C=O) groups excluding carboxylic acids is 4. The third-order valence-electron chi connectivity index (χ3n) is 7.34. The summed E-state index contributed by atoms with van der Waals surface area (Å²) in [5, 5.41) is 30.6. The maximum Gasteiger partial charge on any atom is 0.470 e. The van der Waals surface area contributed by atoms with Crippen molar-refractivity contribution in [1.29, 1.82) is 5.26 Å². The van der Waals surface area contributed by atoms with Crippen molar-refractivity contribution in [2.75, 3.05) is 33.7 Å². The SMILES string of the molecule is CC.CC.CCc1cc(C(=O)NCC=O)ccn1.CCc1cc(C(=O)N[C@@H](C)C=O)ccn1.CN1CC(F)(F)CC1B(O)O.CN1CC(F)(F)CC1C#N. The van der Waals surface area contributed by atoms with Crippen LogP contribution in [0.3, 0.4) is 0 Å². The topological polar surface area (TPSA) is 189 Å². The van der Waals surface area contributed by atoms with Crippen molar-refractivity contribution in [3.63, 3.8) is 0 Å². The minimum atomic E-state index is -2.77. The molecule has 3 atom stereocenters. The maximum atomic E-state index is 12.5. The Bertz CT molecular complexity index is 1450. The molecule has 2 fully saturated rings. The highest BCUT2D eigenvalue weighted by molar-refractivity contribution is 6.43. The number of rotatable bonds is 9. The molecule has 4 rings (SSSR count). The number of alkyl halides is 4. The summed E-state index contributed by atoms with van der Waals surface area (Å²) in [5.74, 6) is -6.75. The average Bonchev–Trinajstić information content (AvgIpc) is 3.62. The van der Waals surface area contributed by atoms with Crippen LogP contribution >= 0.6 is 0 Å². The first-order valence-electron chi connectivity index (χ1n) is 17.7. The summed E-state index contributed by atoms with van der Waals surface area (Å²) in [6, 6.07) is 7.46. The van der Waals surface area contributed by atoms with E-state index >= 15 is 0 Å². The van der Waals surface area contributed by atoms with Gasteiger partial charge in [0.25, 0.3) is 23.7 Å². The van der Waals surface area contributed by atoms with E-state index in [9.17, 15) is 36.7 Å². The fourth-order valence-electron chi connectivity index (χ4n) is 4.65. The van der Waals surface area contributed by atoms with Gasteiger partial charge in [0.05, 0.1) is 37.7 Å². The summed E-state index contributed by atoms with van der Waals surface area (Å²) in [6.07, 6.45) is 5.31. The number of likely N-dealkylation sites (tertiary alicyclic amines) is 2. The fourth-order valence-corrected chi connectivity index (χ4v) is 4.65. The molecule has 13 nitrogen and oxygen atoms in total. The molecule has 18 heteroatoms. The van der Waals surface area contributed by atoms with E-state index in [-0.39, 0.29) is 31.3 Å². The Labute approximate surface area is 316 Å². The van der Waals surface area contributed by atoms with Crippen LogP contribution in [0.2, 0.25) is 0 Å². The highest BCUT2D eigenvalue weighted by atomic mass is 19.3. The van der Waals surface area contributed by atoms with E-state index in [2.05, 4.69) is 20.6 Å². The van der Waals surface area contributed by atoms with Crippen molar-refractivity contribution in [1.82, 2.24) is 30.4 Å². The lowest BCUT2D eigenvalue weighted by molar-refractivity contribution is -0.109. The van der Waals surface area contributed by atoms with Gasteiger partial charge in [-0.2, -0.15) is 5.26 Å². The molecular weight excluding hydrogens is 713 g/mol. The molecule has 0 bridgehead atoms. The molecule has 2 saturated heterocycles. The lowest BCUT2D eigenvalue weighted by Crippen LogP contribution is -2.39. The number of aryl methyl sites for hydroxylation is 2. The normalized spacial score (nSPS) is 18.2. The molecule has 0 spiro atoms. The van der Waals surface area contributed by atoms with Crippen LogP contribution < -0.4 is 10.6 Å². The molecule has 0 saturated carbocycles. The molecule has 2 unspecified atom stereocenters. The van der Waals surface area contributed by atoms with Crippen molar-refractivity contribution in [3.05, 3.63) is 59.2 Å². The monoisotopic (exact) mass is 769 g/mol. The average molecular weight is 770 g/mol. The molecule has 2 aromatic heterocycles. The molecule has 54 heavy (non-hydrogen) atoms. The zero-order valence-corrected chi connectivity index (χ0v) is 32.7. The molecule has 2 amide bonds. The molecule has 0 radical (unpaired) electrons. The summed E-state index contributed by atoms with van der Waals surface area (Å²) in [5.41, 5.74) is 2.81. The second-order valence-corrected chi connectivity index (χ2v) is 11.6. The molecule has 0 aliphatic carbocycles. The molecule has 2 aliphatic heterocycles. The first kappa shape index (κ1) is 51.8. The van der Waals surface area contributed by atoms with Crippen LogP contribution in [0.5, 0.6) is 0 Å². The number of pyridine rings is 2. The second-order valence-electron chi connectivity index (χ2n) is 11.6. The van der Waals surface area contributed by atoms with E-state index in [4.69, 9.17) is 15.3 Å². The smallest absolute Gasteiger partial charge is 0.426 e. The lowest BCUT2D eigenvalue weighted by atomic mass is 9.78. The molecule has 0 aromatic carbocycles. The summed E-state index contributed by atoms with van der Waals surface area (Å²) >= 11 is 0. The van der Waals surface area contributed by atoms with Gasteiger partial charge in [-0.25, -0.2) is 17.6 Å². The Morgan fingerprint density at radius 3 is 1.70 bits per heavy atom. The number of halogens is 4. The second kappa shape index (κ2) is 27.3. The van der Waals surface area contributed by atoms with Crippen molar-refractivity contribution in [2.24, 2.45) is 0 Å². The molecule has 2 aromatic rings. The van der Waals surface area contributed by atoms with Gasteiger partial charge in [-0.3, -0.25) is 29.4 Å². The van der Waals surface area contributed by atoms with E-state index in [1.54, 1.807) is 43.6 Å². The zero-order chi connectivity index (χ0) is 42.1. The van der Waals surface area contributed by atoms with Crippen LogP contribution in [0.15, 0.2) is 36.7 Å². The predicted octanol–water partition coefficient (Wildman–Crippen LogP) is 3.77. The van der Waals surface area contributed by atoms with E-state index in [1.165, 1.54) is 23.9 Å². The number of carbonyl (C=O) groups is 4. The first-order chi connectivity index (χ1) is 25.4. The minimum absolute atomic E-state index is 0.0443. The van der Waals surface area contributed by atoms with Gasteiger partial charge in [0.2, 0.25) is 0 Å². The number of amides is 2. The Morgan fingerprint density at radius 2 is 1.39 bits per heavy atom. The third kappa shape index (κ3) is 20.2. The highest BCUT2D eigenvalue weighted by Gasteiger charge is 2.47. The molecule has 2 aliphatic rings. The Morgan fingerprint density at radius 1 is 0.926 bits per heavy atom. The van der Waals surface area contributed by atoms with Crippen LogP contribution in [0.1, 0.15) is 93.4 Å². The van der Waals surface area contributed by atoms with Gasteiger partial charge in [-0.1, -0.05) is 41.5 Å². The third-order valence-corrected chi connectivity index (χ3v) is 7.34. The van der Waals surface area contributed by atoms with Gasteiger partial charge in [0.15, 0.2) is 0 Å². The predicted molar refractivity (Wildman–Crippen MR) is 199 cm³/mol. The van der Waals surface area contributed by atoms with Gasteiger partial charge in [0.1, 0.15) is 18.6 Å². The highest BCUT2D eigenvalue weighted by Crippen LogP contribution is 2.31. The number of nitrogens with one attached hydrogen (secondary N) is 2. The van der Waals surface area contributed by atoms with Crippen molar-refractivity contribution >= 4 is 31.5 Å². The van der Waals surface area contributed by atoms with E-state index in [0.29, 0.717) is 23.7 Å². The largest absolute Gasteiger partial charge is 0.470 e. The van der Waals surface area contributed by atoms with Gasteiger partial charge in [-0.15, -0.1) is 0 Å². The van der Waals surface area contributed by atoms with Crippen LogP contribution in [-0.4, -0.2) is 125 Å². The minimum Gasteiger partial charge on any atom is -0.426 e. The van der Waals surface area contributed by atoms with Crippen molar-refractivity contribution in [2.45, 2.75) is 104 Å². The van der Waals surface area contributed by atoms with E-state index in [1.807, 2.05) is 47.6 Å². The molecular formula is C36H56BF4N7O6. The zero-order valence-electron chi connectivity index (χ0n) is 32.7. The number of hydrogen-bond acceptors (Lipinski definition) is 11. The Balaban J connectivity index is 0. The maximum absolute atomic E-state index is 12.5.